The molecular formula is C20H23NO2. The summed E-state index contributed by atoms with van der Waals surface area (Å²) in [6, 6.07) is 14.8. The molecule has 2 aromatic rings. The summed E-state index contributed by atoms with van der Waals surface area (Å²) in [7, 11) is 0. The van der Waals surface area contributed by atoms with Crippen LogP contribution in [-0.2, 0) is 9.47 Å². The van der Waals surface area contributed by atoms with Crippen LogP contribution in [0.1, 0.15) is 36.3 Å². The minimum Gasteiger partial charge on any atom is -0.350 e. The van der Waals surface area contributed by atoms with E-state index < -0.39 is 0 Å². The molecule has 2 heterocycles. The van der Waals surface area contributed by atoms with Gasteiger partial charge in [0.05, 0.1) is 13.2 Å². The number of hydrogen-bond donors (Lipinski definition) is 0. The maximum Gasteiger partial charge on any atom is 0.161 e. The molecule has 1 atom stereocenters. The molecule has 1 fully saturated rings. The normalized spacial score (nSPS) is 16.9. The maximum absolute atomic E-state index is 5.44. The molecule has 0 amide bonds. The zero-order chi connectivity index (χ0) is 15.7. The molecule has 1 aliphatic rings. The average Bonchev–Trinajstić information content (AvgIpc) is 3.13. The molecule has 23 heavy (non-hydrogen) atoms. The molecule has 1 aromatic heterocycles. The van der Waals surface area contributed by atoms with Gasteiger partial charge < -0.3 is 9.47 Å². The summed E-state index contributed by atoms with van der Waals surface area (Å²) in [4.78, 5) is 4.28. The smallest absolute Gasteiger partial charge is 0.161 e. The monoisotopic (exact) mass is 309 g/mol. The lowest BCUT2D eigenvalue weighted by molar-refractivity contribution is -0.0380. The largest absolute Gasteiger partial charge is 0.350 e. The van der Waals surface area contributed by atoms with E-state index in [-0.39, 0.29) is 6.29 Å². The van der Waals surface area contributed by atoms with Crippen molar-refractivity contribution in [2.75, 3.05) is 13.2 Å². The molecule has 1 aromatic carbocycles. The quantitative estimate of drug-likeness (QED) is 0.714. The lowest BCUT2D eigenvalue weighted by Crippen LogP contribution is -2.05. The molecule has 3 heteroatoms. The standard InChI is InChI=1S/C20H23NO2/c1-3-8-17(9-4-1)19(18-10-7-13-21-16-18)11-5-2-6-12-20-22-14-15-23-20/h1-4,6-10,13,16,19-20H,5,11-12,14-15H2. The minimum absolute atomic E-state index is 0.0468. The highest BCUT2D eigenvalue weighted by Gasteiger charge is 2.14. The van der Waals surface area contributed by atoms with Gasteiger partial charge in [0.1, 0.15) is 0 Å². The minimum atomic E-state index is -0.0468. The van der Waals surface area contributed by atoms with Gasteiger partial charge in [-0.2, -0.15) is 0 Å². The van der Waals surface area contributed by atoms with Crippen LogP contribution in [0.4, 0.5) is 0 Å². The van der Waals surface area contributed by atoms with Crippen LogP contribution in [0.3, 0.4) is 0 Å². The van der Waals surface area contributed by atoms with E-state index in [2.05, 4.69) is 53.5 Å². The summed E-state index contributed by atoms with van der Waals surface area (Å²) in [5, 5.41) is 0. The van der Waals surface area contributed by atoms with E-state index in [4.69, 9.17) is 9.47 Å². The van der Waals surface area contributed by atoms with Gasteiger partial charge in [-0.3, -0.25) is 4.98 Å². The molecular weight excluding hydrogens is 286 g/mol. The van der Waals surface area contributed by atoms with Gasteiger partial charge in [-0.1, -0.05) is 48.6 Å². The lowest BCUT2D eigenvalue weighted by Gasteiger charge is -2.16. The molecule has 1 unspecified atom stereocenters. The number of allylic oxidation sites excluding steroid dienone is 1. The van der Waals surface area contributed by atoms with E-state index in [1.165, 1.54) is 11.1 Å². The van der Waals surface area contributed by atoms with Crippen LogP contribution in [0, 0.1) is 0 Å². The van der Waals surface area contributed by atoms with E-state index >= 15 is 0 Å². The second-order valence-corrected chi connectivity index (χ2v) is 5.71. The van der Waals surface area contributed by atoms with Crippen molar-refractivity contribution in [2.45, 2.75) is 31.5 Å². The molecule has 0 aliphatic carbocycles. The zero-order valence-corrected chi connectivity index (χ0v) is 13.3. The molecule has 3 rings (SSSR count). The Balaban J connectivity index is 1.59. The third kappa shape index (κ3) is 4.75. The number of rotatable bonds is 7. The van der Waals surface area contributed by atoms with Crippen molar-refractivity contribution < 1.29 is 9.47 Å². The highest BCUT2D eigenvalue weighted by molar-refractivity contribution is 5.30. The van der Waals surface area contributed by atoms with E-state index in [0.29, 0.717) is 5.92 Å². The molecule has 0 saturated carbocycles. The Morgan fingerprint density at radius 3 is 2.52 bits per heavy atom. The number of hydrogen-bond acceptors (Lipinski definition) is 3. The summed E-state index contributed by atoms with van der Waals surface area (Å²) in [5.41, 5.74) is 2.62. The first-order valence-electron chi connectivity index (χ1n) is 8.26. The van der Waals surface area contributed by atoms with Gasteiger partial charge >= 0.3 is 0 Å². The summed E-state index contributed by atoms with van der Waals surface area (Å²) < 4.78 is 10.9. The topological polar surface area (TPSA) is 31.4 Å². The second kappa shape index (κ2) is 8.61. The first-order valence-corrected chi connectivity index (χ1v) is 8.26. The molecule has 0 bridgehead atoms. The number of nitrogens with zero attached hydrogens (tertiary/aromatic N) is 1. The highest BCUT2D eigenvalue weighted by atomic mass is 16.7. The van der Waals surface area contributed by atoms with Gasteiger partial charge in [0.15, 0.2) is 6.29 Å². The zero-order valence-electron chi connectivity index (χ0n) is 13.3. The Hall–Kier alpha value is -1.97. The SMILES string of the molecule is C(=CCC1OCCO1)CCC(c1ccccc1)c1cccnc1. The van der Waals surface area contributed by atoms with Crippen LogP contribution in [0.25, 0.3) is 0 Å². The van der Waals surface area contributed by atoms with Crippen molar-refractivity contribution in [2.24, 2.45) is 0 Å². The van der Waals surface area contributed by atoms with Crippen molar-refractivity contribution in [1.29, 1.82) is 0 Å². The molecule has 0 N–H and O–H groups in total. The summed E-state index contributed by atoms with van der Waals surface area (Å²) in [6.07, 6.45) is 11.1. The maximum atomic E-state index is 5.44. The number of aromatic nitrogens is 1. The van der Waals surface area contributed by atoms with Gasteiger partial charge in [-0.15, -0.1) is 0 Å². The Bertz CT molecular complexity index is 552. The van der Waals surface area contributed by atoms with Crippen LogP contribution in [0.5, 0.6) is 0 Å². The van der Waals surface area contributed by atoms with Crippen LogP contribution in [0.15, 0.2) is 67.0 Å². The molecule has 0 spiro atoms. The van der Waals surface area contributed by atoms with Crippen LogP contribution >= 0.6 is 0 Å². The fourth-order valence-electron chi connectivity index (χ4n) is 2.92. The van der Waals surface area contributed by atoms with E-state index in [9.17, 15) is 0 Å². The lowest BCUT2D eigenvalue weighted by atomic mass is 9.88. The predicted molar refractivity (Wildman–Crippen MR) is 91.2 cm³/mol. The van der Waals surface area contributed by atoms with Gasteiger partial charge in [0, 0.05) is 24.7 Å². The molecule has 120 valence electrons. The van der Waals surface area contributed by atoms with Crippen molar-refractivity contribution in [3.05, 3.63) is 78.1 Å². The fourth-order valence-corrected chi connectivity index (χ4v) is 2.92. The van der Waals surface area contributed by atoms with Crippen molar-refractivity contribution >= 4 is 0 Å². The Morgan fingerprint density at radius 2 is 1.78 bits per heavy atom. The Labute approximate surface area is 138 Å². The Kier molecular flexibility index (Phi) is 5.95. The summed E-state index contributed by atoms with van der Waals surface area (Å²) in [6.45, 7) is 1.44. The van der Waals surface area contributed by atoms with Gasteiger partial charge in [0.2, 0.25) is 0 Å². The van der Waals surface area contributed by atoms with E-state index in [0.717, 1.165) is 32.5 Å². The molecule has 0 radical (unpaired) electrons. The summed E-state index contributed by atoms with van der Waals surface area (Å²) in [5.74, 6) is 0.383. The third-order valence-electron chi connectivity index (χ3n) is 4.10. The first kappa shape index (κ1) is 15.9. The van der Waals surface area contributed by atoms with Crippen LogP contribution in [-0.4, -0.2) is 24.5 Å². The highest BCUT2D eigenvalue weighted by Crippen LogP contribution is 2.28. The van der Waals surface area contributed by atoms with E-state index in [1.807, 2.05) is 18.5 Å². The van der Waals surface area contributed by atoms with Crippen molar-refractivity contribution in [1.82, 2.24) is 4.98 Å². The van der Waals surface area contributed by atoms with Crippen LogP contribution < -0.4 is 0 Å². The van der Waals surface area contributed by atoms with Crippen molar-refractivity contribution in [3.8, 4) is 0 Å². The number of pyridine rings is 1. The third-order valence-corrected chi connectivity index (χ3v) is 4.10. The van der Waals surface area contributed by atoms with Crippen LogP contribution in [0.2, 0.25) is 0 Å². The predicted octanol–water partition coefficient (Wildman–Crippen LogP) is 4.31. The number of benzene rings is 1. The average molecular weight is 309 g/mol. The number of ether oxygens (including phenoxy) is 2. The molecule has 1 aliphatic heterocycles. The summed E-state index contributed by atoms with van der Waals surface area (Å²) >= 11 is 0. The molecule has 1 saturated heterocycles. The van der Waals surface area contributed by atoms with Crippen molar-refractivity contribution in [3.63, 3.8) is 0 Å². The van der Waals surface area contributed by atoms with E-state index in [1.54, 1.807) is 0 Å². The second-order valence-electron chi connectivity index (χ2n) is 5.71. The van der Waals surface area contributed by atoms with Gasteiger partial charge in [0.25, 0.3) is 0 Å². The fraction of sp³-hybridized carbons (Fsp3) is 0.350. The van der Waals surface area contributed by atoms with Gasteiger partial charge in [-0.05, 0) is 30.0 Å². The first-order chi connectivity index (χ1) is 11.4. The Morgan fingerprint density at radius 1 is 1.00 bits per heavy atom. The van der Waals surface area contributed by atoms with Gasteiger partial charge in [-0.25, -0.2) is 0 Å². The molecule has 3 nitrogen and oxygen atoms in total.